The molecule has 0 amide bonds. The molecule has 7 heteroatoms. The normalized spacial score (nSPS) is 11.7. The molecule has 0 saturated carbocycles. The molecule has 94 valence electrons. The minimum Gasteiger partial charge on any atom is -0.409 e. The van der Waals surface area contributed by atoms with Gasteiger partial charge in [0.05, 0.1) is 12.1 Å². The van der Waals surface area contributed by atoms with Crippen molar-refractivity contribution in [3.05, 3.63) is 55.0 Å². The van der Waals surface area contributed by atoms with Crippen LogP contribution < -0.4 is 11.3 Å². The zero-order valence-corrected chi connectivity index (χ0v) is 11.6. The maximum Gasteiger partial charge on any atom is 0.262 e. The number of hydrogen-bond acceptors (Lipinski definition) is 4. The lowest BCUT2D eigenvalue weighted by atomic mass is 10.2. The number of halogens is 1. The molecule has 2 aromatic heterocycles. The highest BCUT2D eigenvalue weighted by Gasteiger charge is 2.09. The number of hydrogen-bond donors (Lipinski definition) is 2. The van der Waals surface area contributed by atoms with E-state index in [0.29, 0.717) is 6.54 Å². The zero-order chi connectivity index (χ0) is 13.1. The minimum atomic E-state index is -0.284. The van der Waals surface area contributed by atoms with Gasteiger partial charge in [0.25, 0.3) is 5.56 Å². The van der Waals surface area contributed by atoms with Gasteiger partial charge in [0.15, 0.2) is 5.84 Å². The molecule has 0 aliphatic heterocycles. The number of oxime groups is 1. The van der Waals surface area contributed by atoms with Crippen LogP contribution in [0.4, 0.5) is 0 Å². The Kier molecular flexibility index (Phi) is 3.83. The number of amidine groups is 1. The summed E-state index contributed by atoms with van der Waals surface area (Å²) in [5, 5.41) is 13.4. The molecule has 2 rings (SSSR count). The van der Waals surface area contributed by atoms with E-state index in [2.05, 4.69) is 21.1 Å². The predicted octanol–water partition coefficient (Wildman–Crippen LogP) is 1.82. The van der Waals surface area contributed by atoms with Crippen molar-refractivity contribution in [1.29, 1.82) is 0 Å². The molecule has 0 aromatic carbocycles. The summed E-state index contributed by atoms with van der Waals surface area (Å²) in [5.74, 6) is -0.181. The summed E-state index contributed by atoms with van der Waals surface area (Å²) in [7, 11) is 0. The second-order valence-corrected chi connectivity index (χ2v) is 5.39. The van der Waals surface area contributed by atoms with Crippen LogP contribution in [0.5, 0.6) is 0 Å². The zero-order valence-electron chi connectivity index (χ0n) is 9.21. The van der Waals surface area contributed by atoms with E-state index in [1.165, 1.54) is 10.6 Å². The van der Waals surface area contributed by atoms with E-state index in [1.54, 1.807) is 23.6 Å². The largest absolute Gasteiger partial charge is 0.409 e. The lowest BCUT2D eigenvalue weighted by molar-refractivity contribution is 0.318. The first kappa shape index (κ1) is 12.8. The van der Waals surface area contributed by atoms with Crippen LogP contribution in [-0.4, -0.2) is 15.6 Å². The van der Waals surface area contributed by atoms with Gasteiger partial charge in [-0.25, -0.2) is 0 Å². The summed E-state index contributed by atoms with van der Waals surface area (Å²) in [6.07, 6.45) is 1.67. The lowest BCUT2D eigenvalue weighted by Gasteiger charge is -2.06. The maximum absolute atomic E-state index is 12.1. The highest BCUT2D eigenvalue weighted by atomic mass is 79.9. The maximum atomic E-state index is 12.1. The van der Waals surface area contributed by atoms with E-state index in [9.17, 15) is 4.79 Å². The molecule has 0 spiro atoms. The van der Waals surface area contributed by atoms with Gasteiger partial charge in [0, 0.05) is 15.5 Å². The predicted molar refractivity (Wildman–Crippen MR) is 74.3 cm³/mol. The number of thiophene rings is 1. The smallest absolute Gasteiger partial charge is 0.262 e. The SMILES string of the molecule is N/C(=N/O)c1cccn(Cc2sccc2Br)c1=O. The first-order valence-corrected chi connectivity index (χ1v) is 6.70. The second-order valence-electron chi connectivity index (χ2n) is 3.53. The van der Waals surface area contributed by atoms with Crippen LogP contribution in [-0.2, 0) is 6.54 Å². The lowest BCUT2D eigenvalue weighted by Crippen LogP contribution is -2.29. The highest BCUT2D eigenvalue weighted by Crippen LogP contribution is 2.22. The van der Waals surface area contributed by atoms with Gasteiger partial charge in [0.2, 0.25) is 0 Å². The van der Waals surface area contributed by atoms with Gasteiger partial charge < -0.3 is 15.5 Å². The number of aromatic nitrogens is 1. The molecular formula is C11H10BrN3O2S. The van der Waals surface area contributed by atoms with Crippen LogP contribution in [0.15, 0.2) is 44.2 Å². The molecular weight excluding hydrogens is 318 g/mol. The summed E-state index contributed by atoms with van der Waals surface area (Å²) < 4.78 is 2.48. The van der Waals surface area contributed by atoms with Gasteiger partial charge >= 0.3 is 0 Å². The van der Waals surface area contributed by atoms with Crippen molar-refractivity contribution < 1.29 is 5.21 Å². The first-order chi connectivity index (χ1) is 8.63. The average Bonchev–Trinajstić information content (AvgIpc) is 2.77. The summed E-state index contributed by atoms with van der Waals surface area (Å²) in [5.41, 5.74) is 5.35. The van der Waals surface area contributed by atoms with Gasteiger partial charge in [-0.1, -0.05) is 5.16 Å². The summed E-state index contributed by atoms with van der Waals surface area (Å²) >= 11 is 4.97. The third kappa shape index (κ3) is 2.46. The van der Waals surface area contributed by atoms with Crippen LogP contribution >= 0.6 is 27.3 Å². The van der Waals surface area contributed by atoms with Crippen LogP contribution in [0.3, 0.4) is 0 Å². The summed E-state index contributed by atoms with van der Waals surface area (Å²) in [6, 6.07) is 5.14. The molecule has 0 saturated heterocycles. The van der Waals surface area contributed by atoms with Crippen LogP contribution in [0.1, 0.15) is 10.4 Å². The van der Waals surface area contributed by atoms with Crippen LogP contribution in [0.25, 0.3) is 0 Å². The van der Waals surface area contributed by atoms with Crippen molar-refractivity contribution in [2.75, 3.05) is 0 Å². The van der Waals surface area contributed by atoms with Crippen molar-refractivity contribution in [2.24, 2.45) is 10.9 Å². The monoisotopic (exact) mass is 327 g/mol. The Morgan fingerprint density at radius 3 is 2.94 bits per heavy atom. The third-order valence-corrected chi connectivity index (χ3v) is 4.32. The standard InChI is InChI=1S/C11H10BrN3O2S/c12-8-3-5-18-9(8)6-15-4-1-2-7(11(15)16)10(13)14-17/h1-5,17H,6H2,(H2,13,14). The van der Waals surface area contributed by atoms with E-state index in [4.69, 9.17) is 10.9 Å². The van der Waals surface area contributed by atoms with Crippen molar-refractivity contribution in [3.63, 3.8) is 0 Å². The molecule has 18 heavy (non-hydrogen) atoms. The Morgan fingerprint density at radius 2 is 2.33 bits per heavy atom. The van der Waals surface area contributed by atoms with Crippen molar-refractivity contribution in [1.82, 2.24) is 4.57 Å². The van der Waals surface area contributed by atoms with Crippen molar-refractivity contribution >= 4 is 33.1 Å². The fourth-order valence-corrected chi connectivity index (χ4v) is 2.98. The molecule has 0 aliphatic rings. The minimum absolute atomic E-state index is 0.181. The molecule has 0 aliphatic carbocycles. The van der Waals surface area contributed by atoms with Crippen LogP contribution in [0.2, 0.25) is 0 Å². The molecule has 0 fully saturated rings. The molecule has 2 heterocycles. The number of pyridine rings is 1. The van der Waals surface area contributed by atoms with Gasteiger partial charge in [-0.05, 0) is 39.5 Å². The van der Waals surface area contributed by atoms with Gasteiger partial charge in [-0.3, -0.25) is 4.79 Å². The topological polar surface area (TPSA) is 80.6 Å². The fraction of sp³-hybridized carbons (Fsp3) is 0.0909. The third-order valence-electron chi connectivity index (χ3n) is 2.41. The second kappa shape index (κ2) is 5.36. The van der Waals surface area contributed by atoms with Crippen LogP contribution in [0, 0.1) is 0 Å². The average molecular weight is 328 g/mol. The first-order valence-electron chi connectivity index (χ1n) is 5.02. The molecule has 0 radical (unpaired) electrons. The summed E-state index contributed by atoms with van der Waals surface area (Å²) in [6.45, 7) is 0.448. The van der Waals surface area contributed by atoms with Gasteiger partial charge in [-0.2, -0.15) is 0 Å². The Labute approximate surface area is 115 Å². The summed E-state index contributed by atoms with van der Waals surface area (Å²) in [4.78, 5) is 13.1. The molecule has 0 bridgehead atoms. The van der Waals surface area contributed by atoms with E-state index >= 15 is 0 Å². The molecule has 0 unspecified atom stereocenters. The Balaban J connectivity index is 2.42. The molecule has 5 nitrogen and oxygen atoms in total. The van der Waals surface area contributed by atoms with E-state index in [1.807, 2.05) is 11.4 Å². The van der Waals surface area contributed by atoms with E-state index in [0.717, 1.165) is 9.35 Å². The van der Waals surface area contributed by atoms with Crippen molar-refractivity contribution in [3.8, 4) is 0 Å². The Morgan fingerprint density at radius 1 is 1.56 bits per heavy atom. The Hall–Kier alpha value is -1.60. The number of nitrogens with zero attached hydrogens (tertiary/aromatic N) is 2. The molecule has 3 N–H and O–H groups in total. The Bertz CT molecular complexity index is 648. The van der Waals surface area contributed by atoms with Crippen molar-refractivity contribution in [2.45, 2.75) is 6.54 Å². The number of rotatable bonds is 3. The van der Waals surface area contributed by atoms with Gasteiger partial charge in [-0.15, -0.1) is 11.3 Å². The highest BCUT2D eigenvalue weighted by molar-refractivity contribution is 9.10. The number of nitrogens with two attached hydrogens (primary N) is 1. The van der Waals surface area contributed by atoms with E-state index < -0.39 is 0 Å². The quantitative estimate of drug-likeness (QED) is 0.390. The molecule has 2 aromatic rings. The van der Waals surface area contributed by atoms with E-state index in [-0.39, 0.29) is 17.0 Å². The molecule has 0 atom stereocenters. The fourth-order valence-electron chi connectivity index (χ4n) is 1.50. The van der Waals surface area contributed by atoms with Gasteiger partial charge in [0.1, 0.15) is 0 Å².